The number of hydrogen-bond donors (Lipinski definition) is 1. The van der Waals surface area contributed by atoms with E-state index in [2.05, 4.69) is 20.3 Å². The van der Waals surface area contributed by atoms with Gasteiger partial charge in [-0.25, -0.2) is 4.98 Å². The minimum absolute atomic E-state index is 0.746. The van der Waals surface area contributed by atoms with Crippen LogP contribution in [0.5, 0.6) is 0 Å². The standard InChI is InChI=1S/C13H10N4/c1-3-10-5-8-16-13(12(10)15-7-1)17-11-4-2-6-14-9-11/h1-9H,(H,16,17). The van der Waals surface area contributed by atoms with E-state index < -0.39 is 0 Å². The fraction of sp³-hybridized carbons (Fsp3) is 0. The zero-order valence-corrected chi connectivity index (χ0v) is 9.04. The van der Waals surface area contributed by atoms with Crippen LogP contribution in [0.25, 0.3) is 10.9 Å². The molecule has 82 valence electrons. The molecule has 0 radical (unpaired) electrons. The van der Waals surface area contributed by atoms with Gasteiger partial charge in [0.2, 0.25) is 0 Å². The minimum Gasteiger partial charge on any atom is -0.337 e. The van der Waals surface area contributed by atoms with Crippen molar-refractivity contribution >= 4 is 22.4 Å². The van der Waals surface area contributed by atoms with Crippen molar-refractivity contribution in [1.29, 1.82) is 0 Å². The molecule has 4 heteroatoms. The quantitative estimate of drug-likeness (QED) is 0.724. The SMILES string of the molecule is c1cncc(Nc2nccc3cccnc23)c1. The van der Waals surface area contributed by atoms with E-state index in [9.17, 15) is 0 Å². The lowest BCUT2D eigenvalue weighted by Gasteiger charge is -2.06. The van der Waals surface area contributed by atoms with E-state index in [0.29, 0.717) is 0 Å². The maximum Gasteiger partial charge on any atom is 0.156 e. The van der Waals surface area contributed by atoms with Gasteiger partial charge in [0.25, 0.3) is 0 Å². The number of aromatic nitrogens is 3. The van der Waals surface area contributed by atoms with Gasteiger partial charge in [-0.1, -0.05) is 6.07 Å². The van der Waals surface area contributed by atoms with Gasteiger partial charge < -0.3 is 5.32 Å². The molecule has 0 spiro atoms. The van der Waals surface area contributed by atoms with Gasteiger partial charge in [0, 0.05) is 24.0 Å². The predicted octanol–water partition coefficient (Wildman–Crippen LogP) is 2.77. The first-order chi connectivity index (χ1) is 8.43. The van der Waals surface area contributed by atoms with Gasteiger partial charge in [0.05, 0.1) is 11.9 Å². The van der Waals surface area contributed by atoms with E-state index in [1.807, 2.05) is 30.3 Å². The van der Waals surface area contributed by atoms with Crippen molar-refractivity contribution in [2.45, 2.75) is 0 Å². The first-order valence-electron chi connectivity index (χ1n) is 5.30. The largest absolute Gasteiger partial charge is 0.337 e. The second-order valence-corrected chi connectivity index (χ2v) is 3.60. The number of anilines is 2. The Hall–Kier alpha value is -2.49. The van der Waals surface area contributed by atoms with Crippen molar-refractivity contribution in [2.75, 3.05) is 5.32 Å². The number of fused-ring (bicyclic) bond motifs is 1. The van der Waals surface area contributed by atoms with Crippen LogP contribution in [0.1, 0.15) is 0 Å². The van der Waals surface area contributed by atoms with Gasteiger partial charge in [-0.05, 0) is 24.3 Å². The summed E-state index contributed by atoms with van der Waals surface area (Å²) in [7, 11) is 0. The Morgan fingerprint density at radius 3 is 2.71 bits per heavy atom. The molecule has 0 aromatic carbocycles. The number of rotatable bonds is 2. The van der Waals surface area contributed by atoms with Crippen LogP contribution in [-0.4, -0.2) is 15.0 Å². The smallest absolute Gasteiger partial charge is 0.156 e. The molecule has 3 heterocycles. The first kappa shape index (κ1) is 9.72. The molecule has 0 saturated carbocycles. The molecule has 3 aromatic heterocycles. The lowest BCUT2D eigenvalue weighted by Crippen LogP contribution is -1.95. The van der Waals surface area contributed by atoms with Crippen LogP contribution in [0, 0.1) is 0 Å². The van der Waals surface area contributed by atoms with Crippen LogP contribution >= 0.6 is 0 Å². The summed E-state index contributed by atoms with van der Waals surface area (Å²) in [4.78, 5) is 12.7. The Balaban J connectivity index is 2.06. The monoisotopic (exact) mass is 222 g/mol. The Bertz CT molecular complexity index is 632. The molecule has 0 unspecified atom stereocenters. The molecule has 0 bridgehead atoms. The van der Waals surface area contributed by atoms with Crippen molar-refractivity contribution in [3.63, 3.8) is 0 Å². The highest BCUT2D eigenvalue weighted by Gasteiger charge is 2.02. The van der Waals surface area contributed by atoms with Crippen LogP contribution in [0.3, 0.4) is 0 Å². The van der Waals surface area contributed by atoms with Crippen molar-refractivity contribution in [3.05, 3.63) is 55.1 Å². The van der Waals surface area contributed by atoms with Gasteiger partial charge in [0.1, 0.15) is 5.52 Å². The third-order valence-electron chi connectivity index (χ3n) is 2.45. The molecule has 4 nitrogen and oxygen atoms in total. The fourth-order valence-corrected chi connectivity index (χ4v) is 1.67. The molecule has 3 rings (SSSR count). The van der Waals surface area contributed by atoms with Crippen LogP contribution in [0.2, 0.25) is 0 Å². The first-order valence-corrected chi connectivity index (χ1v) is 5.30. The van der Waals surface area contributed by atoms with Crippen molar-refractivity contribution in [2.24, 2.45) is 0 Å². The maximum atomic E-state index is 4.33. The maximum absolute atomic E-state index is 4.33. The van der Waals surface area contributed by atoms with Crippen molar-refractivity contribution < 1.29 is 0 Å². The second-order valence-electron chi connectivity index (χ2n) is 3.60. The van der Waals surface area contributed by atoms with E-state index in [1.165, 1.54) is 0 Å². The highest BCUT2D eigenvalue weighted by atomic mass is 15.0. The summed E-state index contributed by atoms with van der Waals surface area (Å²) >= 11 is 0. The topological polar surface area (TPSA) is 50.7 Å². The highest BCUT2D eigenvalue weighted by molar-refractivity contribution is 5.89. The van der Waals surface area contributed by atoms with Gasteiger partial charge in [-0.2, -0.15) is 0 Å². The van der Waals surface area contributed by atoms with E-state index in [-0.39, 0.29) is 0 Å². The number of nitrogens with one attached hydrogen (secondary N) is 1. The molecular formula is C13H10N4. The van der Waals surface area contributed by atoms with Gasteiger partial charge in [-0.15, -0.1) is 0 Å². The van der Waals surface area contributed by atoms with Crippen LogP contribution in [0.15, 0.2) is 55.1 Å². The summed E-state index contributed by atoms with van der Waals surface area (Å²) in [5.41, 5.74) is 1.76. The lowest BCUT2D eigenvalue weighted by atomic mass is 10.2. The summed E-state index contributed by atoms with van der Waals surface area (Å²) in [5, 5.41) is 4.27. The van der Waals surface area contributed by atoms with E-state index in [4.69, 9.17) is 0 Å². The Morgan fingerprint density at radius 2 is 1.82 bits per heavy atom. The second kappa shape index (κ2) is 4.17. The van der Waals surface area contributed by atoms with Gasteiger partial charge >= 0.3 is 0 Å². The third kappa shape index (κ3) is 1.92. The molecule has 1 N–H and O–H groups in total. The molecule has 0 aliphatic carbocycles. The lowest BCUT2D eigenvalue weighted by molar-refractivity contribution is 1.27. The number of pyridine rings is 3. The molecule has 0 fully saturated rings. The highest BCUT2D eigenvalue weighted by Crippen LogP contribution is 2.21. The Labute approximate surface area is 98.4 Å². The Kier molecular flexibility index (Phi) is 2.38. The van der Waals surface area contributed by atoms with Crippen LogP contribution in [-0.2, 0) is 0 Å². The third-order valence-corrected chi connectivity index (χ3v) is 2.45. The zero-order chi connectivity index (χ0) is 11.5. The minimum atomic E-state index is 0.746. The summed E-state index contributed by atoms with van der Waals surface area (Å²) < 4.78 is 0. The van der Waals surface area contributed by atoms with Gasteiger partial charge in [0.15, 0.2) is 5.82 Å². The molecule has 0 saturated heterocycles. The molecule has 0 atom stereocenters. The van der Waals surface area contributed by atoms with Crippen molar-refractivity contribution in [3.8, 4) is 0 Å². The van der Waals surface area contributed by atoms with E-state index in [1.54, 1.807) is 24.8 Å². The molecule has 0 amide bonds. The average molecular weight is 222 g/mol. The van der Waals surface area contributed by atoms with Crippen LogP contribution in [0.4, 0.5) is 11.5 Å². The van der Waals surface area contributed by atoms with E-state index in [0.717, 1.165) is 22.4 Å². The summed E-state index contributed by atoms with van der Waals surface area (Å²) in [5.74, 6) is 0.746. The number of nitrogens with zero attached hydrogens (tertiary/aromatic N) is 3. The molecule has 17 heavy (non-hydrogen) atoms. The number of hydrogen-bond acceptors (Lipinski definition) is 4. The zero-order valence-electron chi connectivity index (χ0n) is 9.04. The van der Waals surface area contributed by atoms with Crippen LogP contribution < -0.4 is 5.32 Å². The van der Waals surface area contributed by atoms with Gasteiger partial charge in [-0.3, -0.25) is 9.97 Å². The summed E-state index contributed by atoms with van der Waals surface area (Å²) in [6.07, 6.45) is 7.02. The predicted molar refractivity (Wildman–Crippen MR) is 67.1 cm³/mol. The molecule has 3 aromatic rings. The normalized spacial score (nSPS) is 10.4. The average Bonchev–Trinajstić information content (AvgIpc) is 2.40. The molecule has 0 aliphatic rings. The van der Waals surface area contributed by atoms with E-state index >= 15 is 0 Å². The molecular weight excluding hydrogens is 212 g/mol. The Morgan fingerprint density at radius 1 is 0.882 bits per heavy atom. The summed E-state index contributed by atoms with van der Waals surface area (Å²) in [6, 6.07) is 9.68. The molecule has 0 aliphatic heterocycles. The summed E-state index contributed by atoms with van der Waals surface area (Å²) in [6.45, 7) is 0. The fourth-order valence-electron chi connectivity index (χ4n) is 1.67. The van der Waals surface area contributed by atoms with Crippen molar-refractivity contribution in [1.82, 2.24) is 15.0 Å².